The molecule has 0 saturated carbocycles. The lowest BCUT2D eigenvalue weighted by Gasteiger charge is -2.18. The van der Waals surface area contributed by atoms with Crippen molar-refractivity contribution in [3.05, 3.63) is 64.0 Å². The van der Waals surface area contributed by atoms with Gasteiger partial charge in [-0.1, -0.05) is 6.07 Å². The Morgan fingerprint density at radius 2 is 2.21 bits per heavy atom. The summed E-state index contributed by atoms with van der Waals surface area (Å²) in [6, 6.07) is 6.45. The molecule has 0 spiro atoms. The number of pyridine rings is 1. The number of hydrogen-bond donors (Lipinski definition) is 2. The molecule has 3 aromatic rings. The zero-order valence-electron chi connectivity index (χ0n) is 16.3. The highest BCUT2D eigenvalue weighted by Crippen LogP contribution is 2.21. The van der Waals surface area contributed by atoms with E-state index in [4.69, 9.17) is 0 Å². The first kappa shape index (κ1) is 18.9. The van der Waals surface area contributed by atoms with Crippen molar-refractivity contribution in [1.82, 2.24) is 29.8 Å². The molecule has 4 rings (SSSR count). The van der Waals surface area contributed by atoms with Gasteiger partial charge in [-0.05, 0) is 25.5 Å². The Hall–Kier alpha value is -3.49. The molecule has 150 valence electrons. The molecule has 0 radical (unpaired) electrons. The maximum absolute atomic E-state index is 12.7. The van der Waals surface area contributed by atoms with Crippen LogP contribution in [-0.2, 0) is 16.1 Å². The minimum absolute atomic E-state index is 0.0535. The summed E-state index contributed by atoms with van der Waals surface area (Å²) in [6.07, 6.45) is 3.57. The predicted octanol–water partition coefficient (Wildman–Crippen LogP) is 0.952. The summed E-state index contributed by atoms with van der Waals surface area (Å²) in [5.41, 5.74) is 2.50. The van der Waals surface area contributed by atoms with Crippen LogP contribution in [0.3, 0.4) is 0 Å². The Bertz CT molecular complexity index is 1120. The van der Waals surface area contributed by atoms with Gasteiger partial charge in [0, 0.05) is 49.7 Å². The Balaban J connectivity index is 1.42. The number of hydrogen-bond acceptors (Lipinski definition) is 5. The zero-order valence-corrected chi connectivity index (χ0v) is 16.3. The summed E-state index contributed by atoms with van der Waals surface area (Å²) >= 11 is 0. The van der Waals surface area contributed by atoms with Gasteiger partial charge in [0.1, 0.15) is 0 Å². The van der Waals surface area contributed by atoms with Crippen LogP contribution in [0, 0.1) is 12.8 Å². The highest BCUT2D eigenvalue weighted by molar-refractivity contribution is 5.89. The number of fused-ring (bicyclic) bond motifs is 1. The van der Waals surface area contributed by atoms with Gasteiger partial charge < -0.3 is 10.2 Å². The average molecular weight is 394 g/mol. The summed E-state index contributed by atoms with van der Waals surface area (Å²) in [5.74, 6) is -0.699. The number of carbonyl (C=O) groups excluding carboxylic acids is 2. The van der Waals surface area contributed by atoms with Crippen LogP contribution >= 0.6 is 0 Å². The van der Waals surface area contributed by atoms with E-state index in [1.807, 2.05) is 19.1 Å². The number of likely N-dealkylation sites (tertiary alicyclic amines) is 1. The fraction of sp³-hybridized carbons (Fsp3) is 0.350. The Morgan fingerprint density at radius 1 is 1.38 bits per heavy atom. The van der Waals surface area contributed by atoms with E-state index in [1.54, 1.807) is 30.3 Å². The van der Waals surface area contributed by atoms with Crippen molar-refractivity contribution in [2.45, 2.75) is 32.9 Å². The van der Waals surface area contributed by atoms with Gasteiger partial charge in [-0.25, -0.2) is 9.50 Å². The van der Waals surface area contributed by atoms with Gasteiger partial charge in [0.2, 0.25) is 11.8 Å². The molecule has 1 aliphatic heterocycles. The van der Waals surface area contributed by atoms with Gasteiger partial charge in [0.25, 0.3) is 5.56 Å². The monoisotopic (exact) mass is 394 g/mol. The van der Waals surface area contributed by atoms with Gasteiger partial charge in [-0.2, -0.15) is 0 Å². The molecular formula is C20H22N6O3. The first-order valence-corrected chi connectivity index (χ1v) is 9.47. The second-order valence-electron chi connectivity index (χ2n) is 7.42. The Kier molecular flexibility index (Phi) is 4.87. The third kappa shape index (κ3) is 3.89. The summed E-state index contributed by atoms with van der Waals surface area (Å²) < 4.78 is 1.36. The Morgan fingerprint density at radius 3 is 2.97 bits per heavy atom. The largest absolute Gasteiger partial charge is 0.348 e. The second kappa shape index (κ2) is 7.50. The number of H-pyrrole nitrogens is 1. The molecule has 2 N–H and O–H groups in total. The smallest absolute Gasteiger partial charge is 0.272 e. The molecule has 1 aliphatic rings. The summed E-state index contributed by atoms with van der Waals surface area (Å²) in [4.78, 5) is 47.4. The third-order valence-corrected chi connectivity index (χ3v) is 5.08. The maximum Gasteiger partial charge on any atom is 0.272 e. The van der Waals surface area contributed by atoms with Crippen molar-refractivity contribution >= 4 is 17.5 Å². The minimum Gasteiger partial charge on any atom is -0.348 e. The van der Waals surface area contributed by atoms with E-state index in [-0.39, 0.29) is 23.8 Å². The first-order valence-electron chi connectivity index (χ1n) is 9.47. The van der Waals surface area contributed by atoms with Crippen molar-refractivity contribution in [2.24, 2.45) is 5.92 Å². The highest BCUT2D eigenvalue weighted by atomic mass is 16.2. The Labute approximate surface area is 166 Å². The fourth-order valence-electron chi connectivity index (χ4n) is 3.57. The summed E-state index contributed by atoms with van der Waals surface area (Å²) in [5, 5.41) is 5.81. The summed E-state index contributed by atoms with van der Waals surface area (Å²) in [6.45, 7) is 4.42. The van der Waals surface area contributed by atoms with E-state index in [1.165, 1.54) is 10.6 Å². The van der Waals surface area contributed by atoms with E-state index >= 15 is 0 Å². The SMILES string of the molecule is Cc1cc2nc([C@@H](C)NC(=O)[C@@H]3CC(=O)N(Cc4cccnc4)C3)cc(=O)n2[nH]1. The standard InChI is InChI=1S/C20H22N6O3/c1-12-6-17-23-16(8-19(28)26(17)24-12)13(2)22-20(29)15-7-18(27)25(11-15)10-14-4-3-5-21-9-14/h3-6,8-9,13,15,24H,7,10-11H2,1-2H3,(H,22,29)/t13-,15-/m1/s1. The predicted molar refractivity (Wildman–Crippen MR) is 105 cm³/mol. The first-order chi connectivity index (χ1) is 13.9. The van der Waals surface area contributed by atoms with Crippen LogP contribution in [-0.4, -0.2) is 42.8 Å². The van der Waals surface area contributed by atoms with E-state index in [0.717, 1.165) is 11.3 Å². The highest BCUT2D eigenvalue weighted by Gasteiger charge is 2.34. The van der Waals surface area contributed by atoms with E-state index in [2.05, 4.69) is 20.4 Å². The lowest BCUT2D eigenvalue weighted by molar-refractivity contribution is -0.129. The molecule has 3 aromatic heterocycles. The number of nitrogens with one attached hydrogen (secondary N) is 2. The van der Waals surface area contributed by atoms with Crippen LogP contribution in [0.2, 0.25) is 0 Å². The van der Waals surface area contributed by atoms with Gasteiger partial charge >= 0.3 is 0 Å². The molecule has 2 amide bonds. The van der Waals surface area contributed by atoms with Gasteiger partial charge in [0.05, 0.1) is 17.7 Å². The molecule has 0 aromatic carbocycles. The van der Waals surface area contributed by atoms with Crippen molar-refractivity contribution in [3.63, 3.8) is 0 Å². The topological polar surface area (TPSA) is 112 Å². The van der Waals surface area contributed by atoms with Crippen LogP contribution in [0.15, 0.2) is 41.5 Å². The molecule has 4 heterocycles. The van der Waals surface area contributed by atoms with Crippen molar-refractivity contribution in [2.75, 3.05) is 6.54 Å². The van der Waals surface area contributed by atoms with Crippen molar-refractivity contribution in [3.8, 4) is 0 Å². The average Bonchev–Trinajstić information content (AvgIpc) is 3.25. The van der Waals surface area contributed by atoms with Crippen LogP contribution in [0.5, 0.6) is 0 Å². The second-order valence-corrected chi connectivity index (χ2v) is 7.42. The molecule has 9 nitrogen and oxygen atoms in total. The number of aromatic nitrogens is 4. The molecular weight excluding hydrogens is 372 g/mol. The van der Waals surface area contributed by atoms with Gasteiger partial charge in [0.15, 0.2) is 5.65 Å². The van der Waals surface area contributed by atoms with Gasteiger partial charge in [-0.3, -0.25) is 24.5 Å². The number of carbonyl (C=O) groups is 2. The quantitative estimate of drug-likeness (QED) is 0.669. The lowest BCUT2D eigenvalue weighted by atomic mass is 10.1. The van der Waals surface area contributed by atoms with Crippen LogP contribution < -0.4 is 10.9 Å². The number of aromatic amines is 1. The summed E-state index contributed by atoms with van der Waals surface area (Å²) in [7, 11) is 0. The molecule has 9 heteroatoms. The van der Waals surface area contributed by atoms with Crippen molar-refractivity contribution < 1.29 is 9.59 Å². The number of amides is 2. The maximum atomic E-state index is 12.7. The molecule has 1 saturated heterocycles. The van der Waals surface area contributed by atoms with Crippen molar-refractivity contribution in [1.29, 1.82) is 0 Å². The number of nitrogens with zero attached hydrogens (tertiary/aromatic N) is 4. The van der Waals surface area contributed by atoms with Crippen LogP contribution in [0.25, 0.3) is 5.65 Å². The molecule has 2 atom stereocenters. The van der Waals surface area contributed by atoms with E-state index in [0.29, 0.717) is 24.4 Å². The number of rotatable bonds is 5. The molecule has 1 fully saturated rings. The lowest BCUT2D eigenvalue weighted by Crippen LogP contribution is -2.35. The normalized spacial score (nSPS) is 17.7. The number of aryl methyl sites for hydroxylation is 1. The molecule has 0 aliphatic carbocycles. The minimum atomic E-state index is -0.446. The third-order valence-electron chi connectivity index (χ3n) is 5.08. The molecule has 0 bridgehead atoms. The van der Waals surface area contributed by atoms with E-state index < -0.39 is 12.0 Å². The van der Waals surface area contributed by atoms with Gasteiger partial charge in [-0.15, -0.1) is 0 Å². The molecule has 0 unspecified atom stereocenters. The molecule has 29 heavy (non-hydrogen) atoms. The zero-order chi connectivity index (χ0) is 20.5. The van der Waals surface area contributed by atoms with Crippen LogP contribution in [0.1, 0.15) is 36.3 Å². The van der Waals surface area contributed by atoms with Crippen LogP contribution in [0.4, 0.5) is 0 Å². The van der Waals surface area contributed by atoms with E-state index in [9.17, 15) is 14.4 Å². The fourth-order valence-corrected chi connectivity index (χ4v) is 3.57.